The summed E-state index contributed by atoms with van der Waals surface area (Å²) in [4.78, 5) is 54.8. The first-order valence-electron chi connectivity index (χ1n) is 15.3. The van der Waals surface area contributed by atoms with Crippen LogP contribution in [0.4, 0.5) is 10.5 Å². The number of carbonyl (C=O) groups excluding carboxylic acids is 4. The highest BCUT2D eigenvalue weighted by Crippen LogP contribution is 2.28. The summed E-state index contributed by atoms with van der Waals surface area (Å²) in [7, 11) is 0. The molecule has 4 N–H and O–H groups in total. The highest BCUT2D eigenvalue weighted by molar-refractivity contribution is 6.00. The number of nitrogens with two attached hydrogens (primary N) is 1. The third kappa shape index (κ3) is 11.4. The molecule has 4 amide bonds. The molecule has 0 saturated carbocycles. The lowest BCUT2D eigenvalue weighted by molar-refractivity contribution is -0.142. The fourth-order valence-corrected chi connectivity index (χ4v) is 4.92. The number of terminal acetylenes is 1. The fourth-order valence-electron chi connectivity index (χ4n) is 4.92. The highest BCUT2D eigenvalue weighted by atomic mass is 16.6. The van der Waals surface area contributed by atoms with Gasteiger partial charge >= 0.3 is 6.09 Å². The number of amides is 4. The van der Waals surface area contributed by atoms with Crippen LogP contribution < -0.4 is 16.4 Å². The molecule has 2 aromatic carbocycles. The smallest absolute Gasteiger partial charge is 0.408 e. The number of anilines is 1. The topological polar surface area (TPSA) is 131 Å². The van der Waals surface area contributed by atoms with Crippen molar-refractivity contribution >= 4 is 29.5 Å². The predicted molar refractivity (Wildman–Crippen MR) is 174 cm³/mol. The van der Waals surface area contributed by atoms with E-state index in [1.807, 2.05) is 32.0 Å². The summed E-state index contributed by atoms with van der Waals surface area (Å²) in [5.74, 6) is 0.731. The number of hydrogen-bond acceptors (Lipinski definition) is 5. The van der Waals surface area contributed by atoms with Gasteiger partial charge in [-0.3, -0.25) is 14.4 Å². The number of ether oxygens (including phenoxy) is 1. The van der Waals surface area contributed by atoms with Crippen LogP contribution in [-0.4, -0.2) is 46.9 Å². The number of primary amides is 1. The Morgan fingerprint density at radius 3 is 2.09 bits per heavy atom. The summed E-state index contributed by atoms with van der Waals surface area (Å²) < 4.78 is 5.37. The van der Waals surface area contributed by atoms with Gasteiger partial charge in [0.15, 0.2) is 0 Å². The molecule has 2 atom stereocenters. The maximum absolute atomic E-state index is 14.3. The van der Waals surface area contributed by atoms with Crippen molar-refractivity contribution in [3.8, 4) is 12.3 Å². The molecule has 0 aliphatic rings. The Balaban J connectivity index is 2.58. The van der Waals surface area contributed by atoms with Gasteiger partial charge in [0, 0.05) is 17.8 Å². The van der Waals surface area contributed by atoms with Gasteiger partial charge in [-0.1, -0.05) is 75.3 Å². The Morgan fingerprint density at radius 1 is 0.955 bits per heavy atom. The van der Waals surface area contributed by atoms with Gasteiger partial charge in [-0.15, -0.1) is 6.42 Å². The average molecular weight is 605 g/mol. The Bertz CT molecular complexity index is 1300. The van der Waals surface area contributed by atoms with Crippen LogP contribution in [-0.2, 0) is 19.1 Å². The number of nitrogens with one attached hydrogen (secondary N) is 2. The molecule has 44 heavy (non-hydrogen) atoms. The fraction of sp³-hybridized carbons (Fsp3) is 0.486. The van der Waals surface area contributed by atoms with Crippen molar-refractivity contribution in [2.24, 2.45) is 5.73 Å². The van der Waals surface area contributed by atoms with Gasteiger partial charge < -0.3 is 26.0 Å². The van der Waals surface area contributed by atoms with Crippen molar-refractivity contribution in [2.45, 2.75) is 104 Å². The molecule has 0 saturated heterocycles. The third-order valence-corrected chi connectivity index (χ3v) is 7.11. The molecular weight excluding hydrogens is 556 g/mol. The molecule has 0 fully saturated rings. The molecule has 0 radical (unpaired) electrons. The van der Waals surface area contributed by atoms with Crippen LogP contribution in [0, 0.1) is 26.2 Å². The summed E-state index contributed by atoms with van der Waals surface area (Å²) in [6.45, 7) is 11.2. The number of para-hydroxylation sites is 1. The van der Waals surface area contributed by atoms with Crippen molar-refractivity contribution in [3.63, 3.8) is 0 Å². The van der Waals surface area contributed by atoms with E-state index in [1.165, 1.54) is 4.90 Å². The standard InChI is InChI=1S/C35H48N4O5/c1-8-10-11-12-13-14-22-39(33(42)28(23-29(36)40)37-34(43)44-35(5,6)7)31(27-20-18-26(9-2)19-21-27)32(41)38-30-24(3)16-15-17-25(30)4/h2,15-21,28,31H,8,10-14,22-23H2,1,3-7H3,(H2,36,40)(H,37,43)(H,38,41). The normalized spacial score (nSPS) is 12.4. The van der Waals surface area contributed by atoms with Gasteiger partial charge in [-0.25, -0.2) is 4.79 Å². The van der Waals surface area contributed by atoms with Crippen LogP contribution in [0.25, 0.3) is 0 Å². The maximum atomic E-state index is 14.3. The molecule has 2 aromatic rings. The zero-order valence-corrected chi connectivity index (χ0v) is 27.0. The number of unbranched alkanes of at least 4 members (excludes halogenated alkanes) is 5. The largest absolute Gasteiger partial charge is 0.444 e. The van der Waals surface area contributed by atoms with E-state index in [2.05, 4.69) is 23.5 Å². The monoisotopic (exact) mass is 604 g/mol. The van der Waals surface area contributed by atoms with Gasteiger partial charge in [0.2, 0.25) is 11.8 Å². The van der Waals surface area contributed by atoms with Crippen LogP contribution in [0.1, 0.15) is 101 Å². The van der Waals surface area contributed by atoms with Crippen LogP contribution in [0.15, 0.2) is 42.5 Å². The predicted octanol–water partition coefficient (Wildman–Crippen LogP) is 5.92. The summed E-state index contributed by atoms with van der Waals surface area (Å²) in [5, 5.41) is 5.56. The van der Waals surface area contributed by atoms with Gasteiger partial charge in [0.1, 0.15) is 17.7 Å². The Hall–Kier alpha value is -4.32. The van der Waals surface area contributed by atoms with Crippen LogP contribution >= 0.6 is 0 Å². The summed E-state index contributed by atoms with van der Waals surface area (Å²) in [5.41, 5.74) is 8.21. The first-order valence-corrected chi connectivity index (χ1v) is 15.3. The van der Waals surface area contributed by atoms with E-state index in [4.69, 9.17) is 16.9 Å². The summed E-state index contributed by atoms with van der Waals surface area (Å²) in [6, 6.07) is 10.1. The SMILES string of the molecule is C#Cc1ccc(C(C(=O)Nc2c(C)cccc2C)N(CCCCCCCC)C(=O)C(CC(N)=O)NC(=O)OC(C)(C)C)cc1. The van der Waals surface area contributed by atoms with Crippen molar-refractivity contribution in [2.75, 3.05) is 11.9 Å². The van der Waals surface area contributed by atoms with E-state index < -0.39 is 47.9 Å². The number of carbonyl (C=O) groups is 4. The average Bonchev–Trinajstić information content (AvgIpc) is 2.94. The van der Waals surface area contributed by atoms with Crippen LogP contribution in [0.2, 0.25) is 0 Å². The van der Waals surface area contributed by atoms with E-state index in [-0.39, 0.29) is 6.54 Å². The number of aryl methyl sites for hydroxylation is 2. The Kier molecular flexibility index (Phi) is 13.9. The lowest BCUT2D eigenvalue weighted by atomic mass is 9.99. The van der Waals surface area contributed by atoms with Gasteiger partial charge in [-0.2, -0.15) is 0 Å². The number of nitrogens with zero attached hydrogens (tertiary/aromatic N) is 1. The molecule has 0 heterocycles. The first kappa shape index (κ1) is 35.9. The number of hydrogen-bond donors (Lipinski definition) is 3. The summed E-state index contributed by atoms with van der Waals surface area (Å²) in [6.07, 6.45) is 9.96. The van der Waals surface area contributed by atoms with Crippen molar-refractivity contribution in [1.82, 2.24) is 10.2 Å². The zero-order valence-electron chi connectivity index (χ0n) is 27.0. The molecule has 9 heteroatoms. The van der Waals surface area contributed by atoms with E-state index in [1.54, 1.807) is 45.0 Å². The molecule has 9 nitrogen and oxygen atoms in total. The van der Waals surface area contributed by atoms with E-state index in [9.17, 15) is 19.2 Å². The van der Waals surface area contributed by atoms with Crippen LogP contribution in [0.3, 0.4) is 0 Å². The molecular formula is C35H48N4O5. The van der Waals surface area contributed by atoms with Gasteiger partial charge in [0.05, 0.1) is 6.42 Å². The van der Waals surface area contributed by atoms with E-state index in [0.29, 0.717) is 23.2 Å². The molecule has 0 aromatic heterocycles. The molecule has 0 bridgehead atoms. The van der Waals surface area contributed by atoms with E-state index in [0.717, 1.165) is 43.2 Å². The minimum atomic E-state index is -1.34. The van der Waals surface area contributed by atoms with Gasteiger partial charge in [-0.05, 0) is 69.9 Å². The lowest BCUT2D eigenvalue weighted by Crippen LogP contribution is -2.53. The second kappa shape index (κ2) is 17.1. The minimum Gasteiger partial charge on any atom is -0.444 e. The molecule has 0 spiro atoms. The van der Waals surface area contributed by atoms with Crippen molar-refractivity contribution in [1.29, 1.82) is 0 Å². The van der Waals surface area contributed by atoms with E-state index >= 15 is 0 Å². The molecule has 0 aliphatic heterocycles. The van der Waals surface area contributed by atoms with Crippen molar-refractivity contribution < 1.29 is 23.9 Å². The lowest BCUT2D eigenvalue weighted by Gasteiger charge is -2.34. The zero-order chi connectivity index (χ0) is 32.9. The second-order valence-corrected chi connectivity index (χ2v) is 12.1. The maximum Gasteiger partial charge on any atom is 0.408 e. The van der Waals surface area contributed by atoms with Crippen LogP contribution in [0.5, 0.6) is 0 Å². The third-order valence-electron chi connectivity index (χ3n) is 7.11. The Morgan fingerprint density at radius 2 is 1.55 bits per heavy atom. The number of rotatable bonds is 15. The quantitative estimate of drug-likeness (QED) is 0.172. The van der Waals surface area contributed by atoms with Gasteiger partial charge in [0.25, 0.3) is 5.91 Å². The Labute approximate surface area is 262 Å². The second-order valence-electron chi connectivity index (χ2n) is 12.1. The first-order chi connectivity index (χ1) is 20.8. The minimum absolute atomic E-state index is 0.206. The number of benzene rings is 2. The molecule has 2 unspecified atom stereocenters. The molecule has 2 rings (SSSR count). The molecule has 0 aliphatic carbocycles. The molecule has 238 valence electrons. The number of alkyl carbamates (subject to hydrolysis) is 1. The summed E-state index contributed by atoms with van der Waals surface area (Å²) >= 11 is 0. The van der Waals surface area contributed by atoms with Crippen molar-refractivity contribution in [3.05, 3.63) is 64.7 Å². The highest BCUT2D eigenvalue weighted by Gasteiger charge is 2.37.